The zero-order valence-electron chi connectivity index (χ0n) is 14.1. The van der Waals surface area contributed by atoms with Crippen LogP contribution in [0, 0.1) is 0 Å². The molecule has 26 heavy (non-hydrogen) atoms. The second-order valence-electron chi connectivity index (χ2n) is 5.99. The van der Waals surface area contributed by atoms with Gasteiger partial charge < -0.3 is 14.8 Å². The quantitative estimate of drug-likeness (QED) is 0.848. The Labute approximate surface area is 149 Å². The Bertz CT molecular complexity index is 684. The first kappa shape index (κ1) is 18.5. The fourth-order valence-corrected chi connectivity index (χ4v) is 2.65. The van der Waals surface area contributed by atoms with Gasteiger partial charge in [-0.15, -0.1) is 13.2 Å². The van der Waals surface area contributed by atoms with Crippen LogP contribution in [-0.4, -0.2) is 42.5 Å². The van der Waals surface area contributed by atoms with Crippen molar-refractivity contribution in [3.8, 4) is 5.75 Å². The van der Waals surface area contributed by atoms with Gasteiger partial charge in [0, 0.05) is 26.2 Å². The second-order valence-corrected chi connectivity index (χ2v) is 5.99. The van der Waals surface area contributed by atoms with Crippen LogP contribution in [-0.2, 0) is 17.8 Å². The number of aromatic nitrogens is 1. The van der Waals surface area contributed by atoms with E-state index in [0.717, 1.165) is 44.6 Å². The van der Waals surface area contributed by atoms with E-state index in [-0.39, 0.29) is 5.75 Å². The summed E-state index contributed by atoms with van der Waals surface area (Å²) in [6.07, 6.45) is -3.67. The molecular formula is C18H20F3N3O2. The van der Waals surface area contributed by atoms with E-state index in [1.165, 1.54) is 17.7 Å². The summed E-state index contributed by atoms with van der Waals surface area (Å²) >= 11 is 0. The number of hydrogen-bond donors (Lipinski definition) is 1. The molecule has 0 spiro atoms. The van der Waals surface area contributed by atoms with Crippen LogP contribution in [0.4, 0.5) is 19.0 Å². The van der Waals surface area contributed by atoms with E-state index in [1.807, 2.05) is 12.1 Å². The van der Waals surface area contributed by atoms with Crippen LogP contribution in [0.5, 0.6) is 5.75 Å². The number of pyridine rings is 1. The van der Waals surface area contributed by atoms with Crippen LogP contribution < -0.4 is 10.1 Å². The Morgan fingerprint density at radius 2 is 1.73 bits per heavy atom. The standard InChI is InChI=1S/C18H20F3N3O2/c19-18(20,21)26-16-5-6-17(23-12-16)22-11-14-1-3-15(4-2-14)13-24-7-9-25-10-8-24/h1-6,12H,7-11,13H2,(H,22,23). The molecule has 0 unspecified atom stereocenters. The highest BCUT2D eigenvalue weighted by atomic mass is 19.4. The number of halogens is 3. The molecule has 2 aromatic rings. The van der Waals surface area contributed by atoms with Crippen molar-refractivity contribution in [3.05, 3.63) is 53.7 Å². The molecule has 1 aromatic carbocycles. The minimum absolute atomic E-state index is 0.337. The van der Waals surface area contributed by atoms with Crippen molar-refractivity contribution < 1.29 is 22.6 Å². The maximum absolute atomic E-state index is 12.1. The average Bonchev–Trinajstić information content (AvgIpc) is 2.62. The van der Waals surface area contributed by atoms with Gasteiger partial charge in [-0.25, -0.2) is 4.98 Å². The molecule has 5 nitrogen and oxygen atoms in total. The Morgan fingerprint density at radius 3 is 2.35 bits per heavy atom. The maximum Gasteiger partial charge on any atom is 0.573 e. The SMILES string of the molecule is FC(F)(F)Oc1ccc(NCc2ccc(CN3CCOCC3)cc2)nc1. The first-order chi connectivity index (χ1) is 12.5. The van der Waals surface area contributed by atoms with Gasteiger partial charge in [-0.2, -0.15) is 0 Å². The van der Waals surface area contributed by atoms with Gasteiger partial charge in [-0.3, -0.25) is 4.90 Å². The third-order valence-electron chi connectivity index (χ3n) is 3.98. The smallest absolute Gasteiger partial charge is 0.404 e. The van der Waals surface area contributed by atoms with Gasteiger partial charge in [0.05, 0.1) is 19.4 Å². The van der Waals surface area contributed by atoms with Gasteiger partial charge >= 0.3 is 6.36 Å². The highest BCUT2D eigenvalue weighted by Gasteiger charge is 2.31. The molecule has 1 fully saturated rings. The number of hydrogen-bond acceptors (Lipinski definition) is 5. The van der Waals surface area contributed by atoms with Crippen LogP contribution in [0.25, 0.3) is 0 Å². The highest BCUT2D eigenvalue weighted by molar-refractivity contribution is 5.38. The predicted octanol–water partition coefficient (Wildman–Crippen LogP) is 3.42. The number of anilines is 1. The van der Waals surface area contributed by atoms with E-state index < -0.39 is 6.36 Å². The van der Waals surface area contributed by atoms with Crippen LogP contribution in [0.15, 0.2) is 42.6 Å². The topological polar surface area (TPSA) is 46.6 Å². The van der Waals surface area contributed by atoms with Crippen molar-refractivity contribution in [1.82, 2.24) is 9.88 Å². The van der Waals surface area contributed by atoms with E-state index in [4.69, 9.17) is 4.74 Å². The number of morpholine rings is 1. The second kappa shape index (κ2) is 8.37. The third-order valence-corrected chi connectivity index (χ3v) is 3.98. The lowest BCUT2D eigenvalue weighted by atomic mass is 10.1. The van der Waals surface area contributed by atoms with Crippen LogP contribution >= 0.6 is 0 Å². The summed E-state index contributed by atoms with van der Waals surface area (Å²) in [7, 11) is 0. The summed E-state index contributed by atoms with van der Waals surface area (Å²) < 4.78 is 45.5. The summed E-state index contributed by atoms with van der Waals surface area (Å²) in [4.78, 5) is 6.27. The third kappa shape index (κ3) is 5.89. The summed E-state index contributed by atoms with van der Waals surface area (Å²) in [6.45, 7) is 4.89. The van der Waals surface area contributed by atoms with Gasteiger partial charge in [0.25, 0.3) is 0 Å². The van der Waals surface area contributed by atoms with Crippen LogP contribution in [0.3, 0.4) is 0 Å². The molecule has 0 bridgehead atoms. The van der Waals surface area contributed by atoms with Gasteiger partial charge in [-0.05, 0) is 23.3 Å². The van der Waals surface area contributed by atoms with Crippen molar-refractivity contribution in [2.75, 3.05) is 31.6 Å². The normalized spacial score (nSPS) is 15.7. The fraction of sp³-hybridized carbons (Fsp3) is 0.389. The van der Waals surface area contributed by atoms with E-state index in [1.54, 1.807) is 0 Å². The molecule has 1 aliphatic rings. The van der Waals surface area contributed by atoms with E-state index in [9.17, 15) is 13.2 Å². The monoisotopic (exact) mass is 367 g/mol. The predicted molar refractivity (Wildman–Crippen MR) is 90.8 cm³/mol. The lowest BCUT2D eigenvalue weighted by Gasteiger charge is -2.26. The zero-order valence-corrected chi connectivity index (χ0v) is 14.1. The zero-order chi connectivity index (χ0) is 18.4. The number of nitrogens with zero attached hydrogens (tertiary/aromatic N) is 2. The van der Waals surface area contributed by atoms with E-state index in [2.05, 4.69) is 32.1 Å². The lowest BCUT2D eigenvalue weighted by molar-refractivity contribution is -0.274. The van der Waals surface area contributed by atoms with E-state index >= 15 is 0 Å². The van der Waals surface area contributed by atoms with Crippen molar-refractivity contribution in [1.29, 1.82) is 0 Å². The van der Waals surface area contributed by atoms with Crippen molar-refractivity contribution >= 4 is 5.82 Å². The van der Waals surface area contributed by atoms with Gasteiger partial charge in [-0.1, -0.05) is 24.3 Å². The average molecular weight is 367 g/mol. The van der Waals surface area contributed by atoms with Crippen LogP contribution in [0.1, 0.15) is 11.1 Å². The molecule has 0 saturated carbocycles. The molecule has 8 heteroatoms. The molecule has 1 N–H and O–H groups in total. The summed E-state index contributed by atoms with van der Waals surface area (Å²) in [5, 5.41) is 3.08. The van der Waals surface area contributed by atoms with E-state index in [0.29, 0.717) is 12.4 Å². The minimum Gasteiger partial charge on any atom is -0.404 e. The molecule has 0 amide bonds. The van der Waals surface area contributed by atoms with Gasteiger partial charge in [0.1, 0.15) is 11.6 Å². The first-order valence-electron chi connectivity index (χ1n) is 8.31. The molecule has 140 valence electrons. The lowest BCUT2D eigenvalue weighted by Crippen LogP contribution is -2.35. The van der Waals surface area contributed by atoms with Gasteiger partial charge in [0.2, 0.25) is 0 Å². The number of ether oxygens (including phenoxy) is 2. The van der Waals surface area contributed by atoms with Crippen molar-refractivity contribution in [2.24, 2.45) is 0 Å². The molecule has 2 heterocycles. The van der Waals surface area contributed by atoms with Crippen molar-refractivity contribution in [3.63, 3.8) is 0 Å². The molecule has 3 rings (SSSR count). The number of alkyl halides is 3. The molecule has 1 saturated heterocycles. The number of benzene rings is 1. The number of nitrogens with one attached hydrogen (secondary N) is 1. The molecule has 1 aliphatic heterocycles. The fourth-order valence-electron chi connectivity index (χ4n) is 2.65. The van der Waals surface area contributed by atoms with Crippen molar-refractivity contribution in [2.45, 2.75) is 19.5 Å². The summed E-state index contributed by atoms with van der Waals surface area (Å²) in [6, 6.07) is 10.9. The summed E-state index contributed by atoms with van der Waals surface area (Å²) in [5.41, 5.74) is 2.30. The molecular weight excluding hydrogens is 347 g/mol. The van der Waals surface area contributed by atoms with Crippen LogP contribution in [0.2, 0.25) is 0 Å². The largest absolute Gasteiger partial charge is 0.573 e. The van der Waals surface area contributed by atoms with Gasteiger partial charge in [0.15, 0.2) is 0 Å². The Morgan fingerprint density at radius 1 is 1.04 bits per heavy atom. The minimum atomic E-state index is -4.71. The Kier molecular flexibility index (Phi) is 5.95. The molecule has 1 aromatic heterocycles. The maximum atomic E-state index is 12.1. The number of rotatable bonds is 6. The Hall–Kier alpha value is -2.32. The molecule has 0 atom stereocenters. The highest BCUT2D eigenvalue weighted by Crippen LogP contribution is 2.22. The summed E-state index contributed by atoms with van der Waals surface area (Å²) in [5.74, 6) is 0.146. The Balaban J connectivity index is 1.48. The molecule has 0 aliphatic carbocycles. The first-order valence-corrected chi connectivity index (χ1v) is 8.31. The molecule has 0 radical (unpaired) electrons.